The number of benzene rings is 2. The summed E-state index contributed by atoms with van der Waals surface area (Å²) in [6.45, 7) is 0.638. The fraction of sp³-hybridized carbons (Fsp3) is 0.235. The van der Waals surface area contributed by atoms with Gasteiger partial charge in [-0.3, -0.25) is 14.9 Å². The number of amides is 1. The van der Waals surface area contributed by atoms with Crippen LogP contribution in [0, 0.1) is 15.9 Å². The Morgan fingerprint density at radius 1 is 1.28 bits per heavy atom. The molecule has 2 rings (SSSR count). The molecule has 0 radical (unpaired) electrons. The van der Waals surface area contributed by atoms with E-state index >= 15 is 0 Å². The van der Waals surface area contributed by atoms with Gasteiger partial charge in [0, 0.05) is 5.56 Å². The third-order valence-corrected chi connectivity index (χ3v) is 3.56. The SMILES string of the molecule is COc1ccc(NC(=O)C[NH+](C)Cc2ccc(F)cc2)c([N+](=O)[O-])c1. The number of hydrogen-bond acceptors (Lipinski definition) is 4. The van der Waals surface area contributed by atoms with Gasteiger partial charge < -0.3 is 15.0 Å². The first-order chi connectivity index (χ1) is 11.9. The van der Waals surface area contributed by atoms with Gasteiger partial charge in [-0.1, -0.05) is 12.1 Å². The average molecular weight is 348 g/mol. The number of nitro groups is 1. The normalized spacial score (nSPS) is 11.6. The summed E-state index contributed by atoms with van der Waals surface area (Å²) < 4.78 is 17.9. The maximum atomic E-state index is 12.9. The maximum Gasteiger partial charge on any atom is 0.296 e. The molecule has 1 amide bonds. The Morgan fingerprint density at radius 2 is 1.96 bits per heavy atom. The van der Waals surface area contributed by atoms with E-state index in [0.717, 1.165) is 10.5 Å². The highest BCUT2D eigenvalue weighted by atomic mass is 19.1. The lowest BCUT2D eigenvalue weighted by Gasteiger charge is -2.14. The van der Waals surface area contributed by atoms with E-state index in [1.54, 1.807) is 12.1 Å². The van der Waals surface area contributed by atoms with Crippen LogP contribution in [-0.2, 0) is 11.3 Å². The van der Waals surface area contributed by atoms with Crippen molar-refractivity contribution >= 4 is 17.3 Å². The number of nitrogens with zero attached hydrogens (tertiary/aromatic N) is 1. The predicted octanol–water partition coefficient (Wildman–Crippen LogP) is 1.40. The lowest BCUT2D eigenvalue weighted by molar-refractivity contribution is -0.885. The number of quaternary nitrogens is 1. The second kappa shape index (κ2) is 8.20. The fourth-order valence-electron chi connectivity index (χ4n) is 2.38. The van der Waals surface area contributed by atoms with Crippen LogP contribution < -0.4 is 15.0 Å². The molecule has 0 aliphatic heterocycles. The number of rotatable bonds is 7. The molecular weight excluding hydrogens is 329 g/mol. The van der Waals surface area contributed by atoms with Crippen molar-refractivity contribution in [1.82, 2.24) is 0 Å². The van der Waals surface area contributed by atoms with Crippen molar-refractivity contribution in [1.29, 1.82) is 0 Å². The van der Waals surface area contributed by atoms with Crippen molar-refractivity contribution < 1.29 is 23.7 Å². The monoisotopic (exact) mass is 348 g/mol. The number of anilines is 1. The first-order valence-electron chi connectivity index (χ1n) is 7.57. The van der Waals surface area contributed by atoms with E-state index < -0.39 is 4.92 Å². The van der Waals surface area contributed by atoms with Gasteiger partial charge in [0.15, 0.2) is 6.54 Å². The highest BCUT2D eigenvalue weighted by molar-refractivity contribution is 5.93. The molecule has 2 aromatic carbocycles. The van der Waals surface area contributed by atoms with Crippen molar-refractivity contribution in [3.05, 3.63) is 64.0 Å². The second-order valence-electron chi connectivity index (χ2n) is 5.63. The van der Waals surface area contributed by atoms with Crippen LogP contribution in [0.25, 0.3) is 0 Å². The Labute approximate surface area is 144 Å². The summed E-state index contributed by atoms with van der Waals surface area (Å²) >= 11 is 0. The first-order valence-corrected chi connectivity index (χ1v) is 7.57. The third-order valence-electron chi connectivity index (χ3n) is 3.56. The zero-order valence-corrected chi connectivity index (χ0v) is 13.9. The molecule has 0 saturated carbocycles. The van der Waals surface area contributed by atoms with Gasteiger partial charge in [-0.05, 0) is 24.3 Å². The van der Waals surface area contributed by atoms with E-state index in [-0.39, 0.29) is 29.6 Å². The van der Waals surface area contributed by atoms with Gasteiger partial charge in [-0.2, -0.15) is 0 Å². The zero-order valence-electron chi connectivity index (χ0n) is 13.9. The van der Waals surface area contributed by atoms with Gasteiger partial charge in [-0.25, -0.2) is 4.39 Å². The number of ether oxygens (including phenoxy) is 1. The maximum absolute atomic E-state index is 12.9. The largest absolute Gasteiger partial charge is 0.496 e. The minimum Gasteiger partial charge on any atom is -0.496 e. The van der Waals surface area contributed by atoms with Crippen LogP contribution in [0.4, 0.5) is 15.8 Å². The van der Waals surface area contributed by atoms with Gasteiger partial charge in [-0.15, -0.1) is 0 Å². The standard InChI is InChI=1S/C17H18FN3O4/c1-20(10-12-3-5-13(18)6-4-12)11-17(22)19-15-8-7-14(25-2)9-16(15)21(23)24/h3-9H,10-11H2,1-2H3,(H,19,22)/p+1. The number of halogens is 1. The fourth-order valence-corrected chi connectivity index (χ4v) is 2.38. The van der Waals surface area contributed by atoms with Crippen LogP contribution >= 0.6 is 0 Å². The van der Waals surface area contributed by atoms with Gasteiger partial charge in [0.2, 0.25) is 0 Å². The molecule has 0 aliphatic carbocycles. The molecule has 1 atom stereocenters. The molecular formula is C17H19FN3O4+. The molecule has 8 heteroatoms. The van der Waals surface area contributed by atoms with Crippen molar-refractivity contribution in [2.24, 2.45) is 0 Å². The van der Waals surface area contributed by atoms with Gasteiger partial charge >= 0.3 is 0 Å². The molecule has 0 heterocycles. The van der Waals surface area contributed by atoms with Crippen molar-refractivity contribution in [2.45, 2.75) is 6.54 Å². The number of hydrogen-bond donors (Lipinski definition) is 2. The Hall–Kier alpha value is -3.00. The summed E-state index contributed by atoms with van der Waals surface area (Å²) in [7, 11) is 3.22. The van der Waals surface area contributed by atoms with E-state index in [9.17, 15) is 19.3 Å². The molecule has 0 fully saturated rings. The van der Waals surface area contributed by atoms with Crippen LogP contribution in [0.3, 0.4) is 0 Å². The summed E-state index contributed by atoms with van der Waals surface area (Å²) in [6, 6.07) is 10.3. The summed E-state index contributed by atoms with van der Waals surface area (Å²) in [6.07, 6.45) is 0. The summed E-state index contributed by atoms with van der Waals surface area (Å²) in [4.78, 5) is 23.6. The Kier molecular flexibility index (Phi) is 6.02. The molecule has 132 valence electrons. The molecule has 7 nitrogen and oxygen atoms in total. The third kappa shape index (κ3) is 5.25. The van der Waals surface area contributed by atoms with Crippen LogP contribution in [0.1, 0.15) is 5.56 Å². The average Bonchev–Trinajstić information content (AvgIpc) is 2.57. The number of nitro benzene ring substituents is 1. The Morgan fingerprint density at radius 3 is 2.56 bits per heavy atom. The van der Waals surface area contributed by atoms with Crippen LogP contribution in [0.5, 0.6) is 5.75 Å². The molecule has 25 heavy (non-hydrogen) atoms. The molecule has 0 aromatic heterocycles. The molecule has 1 unspecified atom stereocenters. The van der Waals surface area contributed by atoms with Gasteiger partial charge in [0.25, 0.3) is 11.6 Å². The minimum absolute atomic E-state index is 0.112. The van der Waals surface area contributed by atoms with Crippen LogP contribution in [0.15, 0.2) is 42.5 Å². The minimum atomic E-state index is -0.576. The van der Waals surface area contributed by atoms with Crippen molar-refractivity contribution in [2.75, 3.05) is 26.0 Å². The van der Waals surface area contributed by atoms with Crippen molar-refractivity contribution in [3.63, 3.8) is 0 Å². The highest BCUT2D eigenvalue weighted by Gasteiger charge is 2.19. The summed E-state index contributed by atoms with van der Waals surface area (Å²) in [5, 5.41) is 13.7. The van der Waals surface area contributed by atoms with Crippen molar-refractivity contribution in [3.8, 4) is 5.75 Å². The van der Waals surface area contributed by atoms with E-state index in [1.165, 1.54) is 37.4 Å². The highest BCUT2D eigenvalue weighted by Crippen LogP contribution is 2.28. The lowest BCUT2D eigenvalue weighted by atomic mass is 10.2. The van der Waals surface area contributed by atoms with Gasteiger partial charge in [0.05, 0.1) is 25.1 Å². The first kappa shape index (κ1) is 18.3. The number of carbonyl (C=O) groups is 1. The molecule has 0 bridgehead atoms. The van der Waals surface area contributed by atoms with Crippen LogP contribution in [-0.4, -0.2) is 31.5 Å². The van der Waals surface area contributed by atoms with E-state index in [1.807, 2.05) is 7.05 Å². The molecule has 2 aromatic rings. The van der Waals surface area contributed by atoms with E-state index in [0.29, 0.717) is 12.3 Å². The molecule has 0 saturated heterocycles. The Bertz CT molecular complexity index is 765. The zero-order chi connectivity index (χ0) is 18.4. The number of nitrogens with one attached hydrogen (secondary N) is 2. The summed E-state index contributed by atoms with van der Waals surface area (Å²) in [5.74, 6) is -0.331. The number of likely N-dealkylation sites (N-methyl/N-ethyl adjacent to an activating group) is 1. The number of carbonyl (C=O) groups excluding carboxylic acids is 1. The smallest absolute Gasteiger partial charge is 0.296 e. The topological polar surface area (TPSA) is 85.9 Å². The lowest BCUT2D eigenvalue weighted by Crippen LogP contribution is -3.08. The number of methoxy groups -OCH3 is 1. The molecule has 2 N–H and O–H groups in total. The Balaban J connectivity index is 1.99. The second-order valence-corrected chi connectivity index (χ2v) is 5.63. The van der Waals surface area contributed by atoms with E-state index in [4.69, 9.17) is 4.74 Å². The predicted molar refractivity (Wildman–Crippen MR) is 90.1 cm³/mol. The molecule has 0 spiro atoms. The van der Waals surface area contributed by atoms with Crippen LogP contribution in [0.2, 0.25) is 0 Å². The molecule has 0 aliphatic rings. The summed E-state index contributed by atoms with van der Waals surface area (Å²) in [5.41, 5.74) is 0.774. The quantitative estimate of drug-likeness (QED) is 0.585. The van der Waals surface area contributed by atoms with E-state index in [2.05, 4.69) is 5.32 Å². The van der Waals surface area contributed by atoms with Gasteiger partial charge in [0.1, 0.15) is 23.8 Å².